The summed E-state index contributed by atoms with van der Waals surface area (Å²) in [4.78, 5) is 11.8. The predicted molar refractivity (Wildman–Crippen MR) is 85.9 cm³/mol. The van der Waals surface area contributed by atoms with Gasteiger partial charge in [-0.2, -0.15) is 0 Å². The van der Waals surface area contributed by atoms with Crippen molar-refractivity contribution in [1.82, 2.24) is 5.32 Å². The highest BCUT2D eigenvalue weighted by molar-refractivity contribution is 7.80. The lowest BCUT2D eigenvalue weighted by Crippen LogP contribution is -2.35. The van der Waals surface area contributed by atoms with Gasteiger partial charge in [0.15, 0.2) is 5.11 Å². The minimum atomic E-state index is -0.513. The molecule has 108 valence electrons. The second-order valence-corrected chi connectivity index (χ2v) is 5.11. The number of rotatable bonds is 3. The number of benzene rings is 2. The molecule has 0 saturated heterocycles. The summed E-state index contributed by atoms with van der Waals surface area (Å²) in [5, 5.41) is 5.45. The summed E-state index contributed by atoms with van der Waals surface area (Å²) >= 11 is 10.7. The lowest BCUT2D eigenvalue weighted by molar-refractivity contribution is -0.119. The van der Waals surface area contributed by atoms with E-state index in [1.807, 2.05) is 30.3 Å². The van der Waals surface area contributed by atoms with Crippen LogP contribution in [0, 0.1) is 5.82 Å². The second kappa shape index (κ2) is 7.15. The number of thiocarbonyl (C=S) groups is 1. The topological polar surface area (TPSA) is 41.1 Å². The van der Waals surface area contributed by atoms with Crippen molar-refractivity contribution in [3.05, 3.63) is 64.9 Å². The standard InChI is InChI=1S/C15H12ClFN2OS/c16-12-9-11(6-7-13(12)17)18-15(21)19-14(20)8-10-4-2-1-3-5-10/h1-7,9H,8H2,(H2,18,19,20,21). The molecular formula is C15H12ClFN2OS. The van der Waals surface area contributed by atoms with E-state index in [0.717, 1.165) is 5.56 Å². The number of anilines is 1. The SMILES string of the molecule is O=C(Cc1ccccc1)NC(=S)Nc1ccc(F)c(Cl)c1. The van der Waals surface area contributed by atoms with Crippen molar-refractivity contribution in [3.63, 3.8) is 0 Å². The van der Waals surface area contributed by atoms with Gasteiger partial charge in [0.25, 0.3) is 0 Å². The van der Waals surface area contributed by atoms with Crippen LogP contribution < -0.4 is 10.6 Å². The maximum absolute atomic E-state index is 13.0. The third kappa shape index (κ3) is 4.81. The molecule has 2 aromatic carbocycles. The second-order valence-electron chi connectivity index (χ2n) is 4.29. The van der Waals surface area contributed by atoms with E-state index in [-0.39, 0.29) is 22.5 Å². The van der Waals surface area contributed by atoms with Gasteiger partial charge in [-0.15, -0.1) is 0 Å². The number of nitrogens with one attached hydrogen (secondary N) is 2. The van der Waals surface area contributed by atoms with Crippen LogP contribution in [0.1, 0.15) is 5.56 Å². The molecular weight excluding hydrogens is 311 g/mol. The molecule has 2 aromatic rings. The summed E-state index contributed by atoms with van der Waals surface area (Å²) in [6.45, 7) is 0. The zero-order valence-corrected chi connectivity index (χ0v) is 12.5. The maximum Gasteiger partial charge on any atom is 0.230 e. The van der Waals surface area contributed by atoms with Crippen molar-refractivity contribution in [2.75, 3.05) is 5.32 Å². The molecule has 0 spiro atoms. The summed E-state index contributed by atoms with van der Waals surface area (Å²) in [5.41, 5.74) is 1.40. The number of amides is 1. The summed E-state index contributed by atoms with van der Waals surface area (Å²) in [6.07, 6.45) is 0.229. The van der Waals surface area contributed by atoms with Crippen molar-refractivity contribution >= 4 is 40.5 Å². The van der Waals surface area contributed by atoms with Gasteiger partial charge in [-0.3, -0.25) is 4.79 Å². The van der Waals surface area contributed by atoms with Gasteiger partial charge in [0.2, 0.25) is 5.91 Å². The molecule has 1 amide bonds. The van der Waals surface area contributed by atoms with Crippen molar-refractivity contribution in [3.8, 4) is 0 Å². The van der Waals surface area contributed by atoms with Crippen molar-refractivity contribution in [2.24, 2.45) is 0 Å². The van der Waals surface area contributed by atoms with Crippen LogP contribution in [0.2, 0.25) is 5.02 Å². The Morgan fingerprint density at radius 1 is 1.19 bits per heavy atom. The van der Waals surface area contributed by atoms with Crippen LogP contribution in [0.5, 0.6) is 0 Å². The summed E-state index contributed by atoms with van der Waals surface area (Å²) in [5.74, 6) is -0.742. The van der Waals surface area contributed by atoms with E-state index in [0.29, 0.717) is 5.69 Å². The van der Waals surface area contributed by atoms with Crippen molar-refractivity contribution in [2.45, 2.75) is 6.42 Å². The largest absolute Gasteiger partial charge is 0.332 e. The average molecular weight is 323 g/mol. The van der Waals surface area contributed by atoms with Gasteiger partial charge in [-0.25, -0.2) is 4.39 Å². The van der Waals surface area contributed by atoms with Crippen LogP contribution in [0.25, 0.3) is 0 Å². The Balaban J connectivity index is 1.89. The van der Waals surface area contributed by atoms with Crippen molar-refractivity contribution in [1.29, 1.82) is 0 Å². The molecule has 2 N–H and O–H groups in total. The minimum absolute atomic E-state index is 0.0154. The Morgan fingerprint density at radius 2 is 1.90 bits per heavy atom. The lowest BCUT2D eigenvalue weighted by atomic mass is 10.1. The first kappa shape index (κ1) is 15.4. The Morgan fingerprint density at radius 3 is 2.57 bits per heavy atom. The summed E-state index contributed by atoms with van der Waals surface area (Å²) in [6, 6.07) is 13.4. The van der Waals surface area contributed by atoms with Crippen LogP contribution >= 0.6 is 23.8 Å². The zero-order chi connectivity index (χ0) is 15.2. The highest BCUT2D eigenvalue weighted by Gasteiger charge is 2.07. The molecule has 3 nitrogen and oxygen atoms in total. The van der Waals surface area contributed by atoms with Crippen LogP contribution in [0.15, 0.2) is 48.5 Å². The normalized spacial score (nSPS) is 10.0. The fourth-order valence-corrected chi connectivity index (χ4v) is 2.10. The smallest absolute Gasteiger partial charge is 0.230 e. The van der Waals surface area contributed by atoms with Crippen molar-refractivity contribution < 1.29 is 9.18 Å². The molecule has 21 heavy (non-hydrogen) atoms. The summed E-state index contributed by atoms with van der Waals surface area (Å²) in [7, 11) is 0. The number of hydrogen-bond donors (Lipinski definition) is 2. The van der Waals surface area contributed by atoms with E-state index in [1.54, 1.807) is 0 Å². The molecule has 0 unspecified atom stereocenters. The number of carbonyl (C=O) groups is 1. The third-order valence-corrected chi connectivity index (χ3v) is 3.13. The first-order valence-corrected chi connectivity index (χ1v) is 6.93. The zero-order valence-electron chi connectivity index (χ0n) is 10.9. The van der Waals surface area contributed by atoms with Gasteiger partial charge in [0.1, 0.15) is 5.82 Å². The first-order valence-electron chi connectivity index (χ1n) is 6.14. The molecule has 0 aromatic heterocycles. The molecule has 0 atom stereocenters. The van der Waals surface area contributed by atoms with Crippen LogP contribution in [-0.4, -0.2) is 11.0 Å². The molecule has 0 aliphatic heterocycles. The predicted octanol–water partition coefficient (Wildman–Crippen LogP) is 3.53. The van der Waals surface area contributed by atoms with E-state index in [9.17, 15) is 9.18 Å². The highest BCUT2D eigenvalue weighted by atomic mass is 35.5. The molecule has 0 fully saturated rings. The van der Waals surface area contributed by atoms with Crippen LogP contribution in [0.4, 0.5) is 10.1 Å². The van der Waals surface area contributed by atoms with Crippen LogP contribution in [-0.2, 0) is 11.2 Å². The summed E-state index contributed by atoms with van der Waals surface area (Å²) < 4.78 is 13.0. The number of halogens is 2. The maximum atomic E-state index is 13.0. The molecule has 2 rings (SSSR count). The van der Waals surface area contributed by atoms with Crippen LogP contribution in [0.3, 0.4) is 0 Å². The molecule has 0 radical (unpaired) electrons. The molecule has 0 aliphatic carbocycles. The molecule has 0 bridgehead atoms. The Hall–Kier alpha value is -1.98. The minimum Gasteiger partial charge on any atom is -0.332 e. The van der Waals surface area contributed by atoms with Gasteiger partial charge in [0, 0.05) is 5.69 Å². The first-order chi connectivity index (χ1) is 10.0. The van der Waals surface area contributed by atoms with Gasteiger partial charge in [-0.1, -0.05) is 41.9 Å². The Bertz CT molecular complexity index is 664. The molecule has 0 aliphatic rings. The quantitative estimate of drug-likeness (QED) is 0.849. The van der Waals surface area contributed by atoms with E-state index in [1.165, 1.54) is 18.2 Å². The number of carbonyl (C=O) groups excluding carboxylic acids is 1. The van der Waals surface area contributed by atoms with E-state index in [2.05, 4.69) is 10.6 Å². The van der Waals surface area contributed by atoms with Gasteiger partial charge in [-0.05, 0) is 36.0 Å². The third-order valence-electron chi connectivity index (χ3n) is 2.64. The fourth-order valence-electron chi connectivity index (χ4n) is 1.69. The van der Waals surface area contributed by atoms with E-state index >= 15 is 0 Å². The molecule has 6 heteroatoms. The number of hydrogen-bond acceptors (Lipinski definition) is 2. The lowest BCUT2D eigenvalue weighted by Gasteiger charge is -2.10. The Kier molecular flexibility index (Phi) is 5.25. The van der Waals surface area contributed by atoms with E-state index < -0.39 is 5.82 Å². The fraction of sp³-hybridized carbons (Fsp3) is 0.0667. The monoisotopic (exact) mass is 322 g/mol. The molecule has 0 heterocycles. The van der Waals surface area contributed by atoms with Gasteiger partial charge < -0.3 is 10.6 Å². The van der Waals surface area contributed by atoms with Gasteiger partial charge >= 0.3 is 0 Å². The highest BCUT2D eigenvalue weighted by Crippen LogP contribution is 2.19. The molecule has 0 saturated carbocycles. The average Bonchev–Trinajstić information content (AvgIpc) is 2.43. The van der Waals surface area contributed by atoms with Gasteiger partial charge in [0.05, 0.1) is 11.4 Å². The Labute approximate surface area is 132 Å². The van der Waals surface area contributed by atoms with E-state index in [4.69, 9.17) is 23.8 Å².